The monoisotopic (exact) mass is 373 g/mol. The molecule has 2 heterocycles. The molecule has 8 heteroatoms. The first kappa shape index (κ1) is 18.1. The summed E-state index contributed by atoms with van der Waals surface area (Å²) in [6.07, 6.45) is 1.40. The maximum absolute atomic E-state index is 12.3. The van der Waals surface area contributed by atoms with Crippen molar-refractivity contribution in [1.29, 1.82) is 0 Å². The second-order valence-electron chi connectivity index (χ2n) is 5.72. The molecule has 0 bridgehead atoms. The highest BCUT2D eigenvalue weighted by atomic mass is 32.2. The second kappa shape index (κ2) is 8.57. The molecule has 1 aliphatic heterocycles. The Labute approximate surface area is 155 Å². The van der Waals surface area contributed by atoms with E-state index in [2.05, 4.69) is 10.6 Å². The largest absolute Gasteiger partial charge is 0.467 e. The van der Waals surface area contributed by atoms with Gasteiger partial charge in [-0.3, -0.25) is 14.5 Å². The van der Waals surface area contributed by atoms with Crippen molar-refractivity contribution in [2.24, 2.45) is 0 Å². The Morgan fingerprint density at radius 3 is 2.73 bits per heavy atom. The Bertz CT molecular complexity index is 764. The Morgan fingerprint density at radius 1 is 1.19 bits per heavy atom. The van der Waals surface area contributed by atoms with Gasteiger partial charge in [0, 0.05) is 17.2 Å². The third-order valence-electron chi connectivity index (χ3n) is 3.83. The lowest BCUT2D eigenvalue weighted by molar-refractivity contribution is -0.131. The number of carbonyl (C=O) groups excluding carboxylic acids is 3. The molecule has 0 unspecified atom stereocenters. The Kier molecular flexibility index (Phi) is 5.96. The summed E-state index contributed by atoms with van der Waals surface area (Å²) in [7, 11) is 0. The Hall–Kier alpha value is -2.74. The lowest BCUT2D eigenvalue weighted by atomic mass is 10.2. The van der Waals surface area contributed by atoms with Gasteiger partial charge in [-0.2, -0.15) is 0 Å². The van der Waals surface area contributed by atoms with Crippen LogP contribution >= 0.6 is 11.8 Å². The van der Waals surface area contributed by atoms with E-state index < -0.39 is 18.0 Å². The molecule has 1 saturated heterocycles. The summed E-state index contributed by atoms with van der Waals surface area (Å²) in [5.74, 6) is 0.555. The van der Waals surface area contributed by atoms with Crippen LogP contribution in [0.25, 0.3) is 0 Å². The number of nitrogens with one attached hydrogen (secondary N) is 2. The summed E-state index contributed by atoms with van der Waals surface area (Å²) >= 11 is 1.64. The number of furan rings is 1. The summed E-state index contributed by atoms with van der Waals surface area (Å²) in [6.45, 7) is 0.548. The topological polar surface area (TPSA) is 91.7 Å². The zero-order chi connectivity index (χ0) is 18.4. The number of hydrogen-bond donors (Lipinski definition) is 2. The quantitative estimate of drug-likeness (QED) is 0.419. The summed E-state index contributed by atoms with van der Waals surface area (Å²) in [4.78, 5) is 38.5. The number of rotatable bonds is 8. The van der Waals surface area contributed by atoms with Crippen LogP contribution in [0.4, 0.5) is 4.79 Å². The first-order chi connectivity index (χ1) is 12.6. The molecule has 1 aromatic carbocycles. The molecule has 3 rings (SSSR count). The standard InChI is InChI=1S/C18H19N3O4S/c22-16(19-8-10-26-14-6-2-1-3-7-14)11-15-17(23)21(18(24)20-15)12-13-5-4-9-25-13/h1-7,9,15H,8,10-12H2,(H,19,22)(H,20,24)/t15-/m1/s1. The number of imide groups is 1. The number of benzene rings is 1. The van der Waals surface area contributed by atoms with E-state index in [0.717, 1.165) is 15.5 Å². The van der Waals surface area contributed by atoms with Gasteiger partial charge in [-0.05, 0) is 24.3 Å². The molecule has 0 saturated carbocycles. The SMILES string of the molecule is O=C(C[C@H]1NC(=O)N(Cc2ccco2)C1=O)NCCSc1ccccc1. The number of hydrogen-bond acceptors (Lipinski definition) is 5. The van der Waals surface area contributed by atoms with Crippen molar-refractivity contribution in [3.8, 4) is 0 Å². The normalized spacial score (nSPS) is 16.6. The molecule has 1 aromatic heterocycles. The van der Waals surface area contributed by atoms with Gasteiger partial charge in [0.05, 0.1) is 19.2 Å². The third-order valence-corrected chi connectivity index (χ3v) is 4.84. The van der Waals surface area contributed by atoms with Crippen molar-refractivity contribution in [1.82, 2.24) is 15.5 Å². The van der Waals surface area contributed by atoms with Crippen molar-refractivity contribution in [2.45, 2.75) is 23.9 Å². The van der Waals surface area contributed by atoms with E-state index in [1.807, 2.05) is 30.3 Å². The summed E-state index contributed by atoms with van der Waals surface area (Å²) in [6, 6.07) is 11.9. The number of carbonyl (C=O) groups is 3. The summed E-state index contributed by atoms with van der Waals surface area (Å²) < 4.78 is 5.15. The fourth-order valence-corrected chi connectivity index (χ4v) is 3.35. The van der Waals surface area contributed by atoms with Crippen LogP contribution in [0, 0.1) is 0 Å². The molecule has 1 aliphatic rings. The second-order valence-corrected chi connectivity index (χ2v) is 6.89. The molecule has 0 spiro atoms. The molecule has 7 nitrogen and oxygen atoms in total. The third kappa shape index (κ3) is 4.66. The first-order valence-electron chi connectivity index (χ1n) is 8.22. The van der Waals surface area contributed by atoms with Crippen LogP contribution in [-0.4, -0.2) is 41.1 Å². The number of nitrogens with zero attached hydrogens (tertiary/aromatic N) is 1. The maximum atomic E-state index is 12.3. The van der Waals surface area contributed by atoms with Gasteiger partial charge in [-0.15, -0.1) is 11.8 Å². The number of amides is 4. The average Bonchev–Trinajstić information content (AvgIpc) is 3.24. The zero-order valence-electron chi connectivity index (χ0n) is 14.0. The van der Waals surface area contributed by atoms with Crippen molar-refractivity contribution in [3.05, 3.63) is 54.5 Å². The Morgan fingerprint density at radius 2 is 2.00 bits per heavy atom. The molecule has 1 atom stereocenters. The fraction of sp³-hybridized carbons (Fsp3) is 0.278. The van der Waals surface area contributed by atoms with E-state index in [1.54, 1.807) is 23.9 Å². The highest BCUT2D eigenvalue weighted by molar-refractivity contribution is 7.99. The van der Waals surface area contributed by atoms with E-state index in [-0.39, 0.29) is 18.9 Å². The molecule has 0 aliphatic carbocycles. The minimum absolute atomic E-state index is 0.0590. The highest BCUT2D eigenvalue weighted by Gasteiger charge is 2.39. The van der Waals surface area contributed by atoms with Crippen LogP contribution in [0.15, 0.2) is 58.0 Å². The van der Waals surface area contributed by atoms with E-state index in [0.29, 0.717) is 12.3 Å². The fourth-order valence-electron chi connectivity index (χ4n) is 2.56. The van der Waals surface area contributed by atoms with Gasteiger partial charge < -0.3 is 15.1 Å². The van der Waals surface area contributed by atoms with Gasteiger partial charge in [0.1, 0.15) is 11.8 Å². The van der Waals surface area contributed by atoms with E-state index >= 15 is 0 Å². The Balaban J connectivity index is 1.41. The van der Waals surface area contributed by atoms with Crippen LogP contribution in [-0.2, 0) is 16.1 Å². The molecule has 2 N–H and O–H groups in total. The van der Waals surface area contributed by atoms with Gasteiger partial charge in [-0.25, -0.2) is 4.79 Å². The van der Waals surface area contributed by atoms with Crippen LogP contribution in [0.5, 0.6) is 0 Å². The average molecular weight is 373 g/mol. The van der Waals surface area contributed by atoms with Gasteiger partial charge in [-0.1, -0.05) is 18.2 Å². The van der Waals surface area contributed by atoms with E-state index in [9.17, 15) is 14.4 Å². The maximum Gasteiger partial charge on any atom is 0.325 e. The van der Waals surface area contributed by atoms with Crippen molar-refractivity contribution in [3.63, 3.8) is 0 Å². The smallest absolute Gasteiger partial charge is 0.325 e. The van der Waals surface area contributed by atoms with Crippen LogP contribution in [0.2, 0.25) is 0 Å². The molecule has 0 radical (unpaired) electrons. The lowest BCUT2D eigenvalue weighted by Crippen LogP contribution is -2.37. The summed E-state index contributed by atoms with van der Waals surface area (Å²) in [5.41, 5.74) is 0. The molecule has 1 fully saturated rings. The van der Waals surface area contributed by atoms with Gasteiger partial charge in [0.15, 0.2) is 0 Å². The first-order valence-corrected chi connectivity index (χ1v) is 9.21. The molecular weight excluding hydrogens is 354 g/mol. The van der Waals surface area contributed by atoms with Gasteiger partial charge in [0.2, 0.25) is 5.91 Å². The van der Waals surface area contributed by atoms with Crippen LogP contribution in [0.1, 0.15) is 12.2 Å². The number of urea groups is 1. The molecule has 136 valence electrons. The predicted octanol–water partition coefficient (Wildman–Crippen LogP) is 2.00. The van der Waals surface area contributed by atoms with E-state index in [1.165, 1.54) is 6.26 Å². The van der Waals surface area contributed by atoms with Crippen LogP contribution in [0.3, 0.4) is 0 Å². The molecule has 2 aromatic rings. The van der Waals surface area contributed by atoms with Crippen LogP contribution < -0.4 is 10.6 Å². The zero-order valence-corrected chi connectivity index (χ0v) is 14.8. The van der Waals surface area contributed by atoms with Crippen molar-refractivity contribution in [2.75, 3.05) is 12.3 Å². The molecule has 26 heavy (non-hydrogen) atoms. The molecular formula is C18H19N3O4S. The van der Waals surface area contributed by atoms with Gasteiger partial charge in [0.25, 0.3) is 5.91 Å². The van der Waals surface area contributed by atoms with Crippen molar-refractivity contribution >= 4 is 29.6 Å². The van der Waals surface area contributed by atoms with Gasteiger partial charge >= 0.3 is 6.03 Å². The lowest BCUT2D eigenvalue weighted by Gasteiger charge is -2.11. The number of thioether (sulfide) groups is 1. The molecule has 4 amide bonds. The van der Waals surface area contributed by atoms with Crippen molar-refractivity contribution < 1.29 is 18.8 Å². The highest BCUT2D eigenvalue weighted by Crippen LogP contribution is 2.16. The minimum atomic E-state index is -0.834. The minimum Gasteiger partial charge on any atom is -0.467 e. The van der Waals surface area contributed by atoms with E-state index in [4.69, 9.17) is 4.42 Å². The predicted molar refractivity (Wildman–Crippen MR) is 96.4 cm³/mol. The summed E-state index contributed by atoms with van der Waals surface area (Å²) in [5, 5.41) is 5.32.